The predicted octanol–water partition coefficient (Wildman–Crippen LogP) is 4.10. The first kappa shape index (κ1) is 18.1. The van der Waals surface area contributed by atoms with Crippen LogP contribution in [0.1, 0.15) is 31.1 Å². The molecule has 2 heterocycles. The van der Waals surface area contributed by atoms with Gasteiger partial charge in [0.25, 0.3) is 0 Å². The number of amidine groups is 1. The lowest BCUT2D eigenvalue weighted by molar-refractivity contribution is -0.134. The normalized spacial score (nSPS) is 25.5. The molecule has 134 valence electrons. The molecule has 6 heteroatoms. The number of fused-ring (bicyclic) bond motifs is 2. The topological polar surface area (TPSA) is 61.8 Å². The third kappa shape index (κ3) is 2.78. The summed E-state index contributed by atoms with van der Waals surface area (Å²) in [6, 6.07) is 7.16. The van der Waals surface area contributed by atoms with Crippen LogP contribution in [0.2, 0.25) is 0 Å². The molecule has 0 spiro atoms. The SMILES string of the molecule is C=C(/C=C\C=C(/C)Cl)N1C(=O)C2(C)C(=O)c3ccccc3NC2N=C1C. The first-order valence-electron chi connectivity index (χ1n) is 8.25. The number of carbonyl (C=O) groups excluding carboxylic acids is 2. The number of allylic oxidation sites excluding steroid dienone is 4. The van der Waals surface area contributed by atoms with Gasteiger partial charge in [-0.15, -0.1) is 0 Å². The number of Topliss-reactive ketones (excluding diaryl/α,β-unsaturated/α-hetero) is 1. The van der Waals surface area contributed by atoms with Gasteiger partial charge in [-0.25, -0.2) is 4.99 Å². The summed E-state index contributed by atoms with van der Waals surface area (Å²) in [7, 11) is 0. The highest BCUT2D eigenvalue weighted by Crippen LogP contribution is 2.42. The first-order chi connectivity index (χ1) is 12.3. The quantitative estimate of drug-likeness (QED) is 0.644. The maximum atomic E-state index is 13.3. The van der Waals surface area contributed by atoms with E-state index in [0.717, 1.165) is 0 Å². The number of nitrogens with zero attached hydrogens (tertiary/aromatic N) is 2. The molecule has 0 aliphatic carbocycles. The van der Waals surface area contributed by atoms with Gasteiger partial charge >= 0.3 is 0 Å². The average Bonchev–Trinajstić information content (AvgIpc) is 2.58. The van der Waals surface area contributed by atoms with Crippen molar-refractivity contribution in [2.45, 2.75) is 26.9 Å². The number of rotatable bonds is 3. The number of carbonyl (C=O) groups is 2. The van der Waals surface area contributed by atoms with Gasteiger partial charge in [-0.2, -0.15) is 0 Å². The summed E-state index contributed by atoms with van der Waals surface area (Å²) >= 11 is 5.81. The van der Waals surface area contributed by atoms with Crippen molar-refractivity contribution in [1.29, 1.82) is 0 Å². The number of para-hydroxylation sites is 1. The van der Waals surface area contributed by atoms with Crippen LogP contribution in [0.25, 0.3) is 0 Å². The number of hydrogen-bond donors (Lipinski definition) is 1. The van der Waals surface area contributed by atoms with Crippen LogP contribution in [0.15, 0.2) is 64.8 Å². The van der Waals surface area contributed by atoms with Crippen molar-refractivity contribution in [3.8, 4) is 0 Å². The second kappa shape index (κ2) is 6.57. The molecular weight excluding hydrogens is 350 g/mol. The zero-order chi connectivity index (χ0) is 19.1. The molecule has 1 aromatic carbocycles. The van der Waals surface area contributed by atoms with Crippen molar-refractivity contribution >= 4 is 34.8 Å². The van der Waals surface area contributed by atoms with Gasteiger partial charge in [-0.05, 0) is 45.1 Å². The van der Waals surface area contributed by atoms with Gasteiger partial charge in [0.05, 0.1) is 0 Å². The minimum absolute atomic E-state index is 0.239. The highest BCUT2D eigenvalue weighted by molar-refractivity contribution is 6.29. The van der Waals surface area contributed by atoms with Crippen LogP contribution in [0.3, 0.4) is 0 Å². The lowest BCUT2D eigenvalue weighted by atomic mass is 9.74. The maximum Gasteiger partial charge on any atom is 0.250 e. The predicted molar refractivity (Wildman–Crippen MR) is 104 cm³/mol. The van der Waals surface area contributed by atoms with Crippen molar-refractivity contribution in [3.63, 3.8) is 0 Å². The van der Waals surface area contributed by atoms with E-state index in [4.69, 9.17) is 11.6 Å². The Bertz CT molecular complexity index is 896. The van der Waals surface area contributed by atoms with Gasteiger partial charge < -0.3 is 5.32 Å². The van der Waals surface area contributed by atoms with E-state index < -0.39 is 11.6 Å². The van der Waals surface area contributed by atoms with E-state index in [9.17, 15) is 9.59 Å². The van der Waals surface area contributed by atoms with E-state index >= 15 is 0 Å². The van der Waals surface area contributed by atoms with Crippen molar-refractivity contribution in [3.05, 3.63) is 65.4 Å². The van der Waals surface area contributed by atoms with Crippen LogP contribution in [-0.2, 0) is 4.79 Å². The van der Waals surface area contributed by atoms with Crippen molar-refractivity contribution < 1.29 is 9.59 Å². The lowest BCUT2D eigenvalue weighted by Crippen LogP contribution is -2.61. The van der Waals surface area contributed by atoms with E-state index in [1.165, 1.54) is 4.90 Å². The Morgan fingerprint density at radius 2 is 2.08 bits per heavy atom. The van der Waals surface area contributed by atoms with Crippen molar-refractivity contribution in [2.24, 2.45) is 10.4 Å². The molecule has 0 saturated heterocycles. The zero-order valence-corrected chi connectivity index (χ0v) is 15.7. The number of hydrogen-bond acceptors (Lipinski definition) is 4. The Kier molecular flexibility index (Phi) is 4.59. The summed E-state index contributed by atoms with van der Waals surface area (Å²) in [5.41, 5.74) is 0.287. The molecule has 0 aromatic heterocycles. The van der Waals surface area contributed by atoms with E-state index in [1.807, 2.05) is 12.1 Å². The van der Waals surface area contributed by atoms with Crippen LogP contribution in [0.5, 0.6) is 0 Å². The molecule has 2 unspecified atom stereocenters. The van der Waals surface area contributed by atoms with Crippen LogP contribution < -0.4 is 5.32 Å². The van der Waals surface area contributed by atoms with Gasteiger partial charge in [-0.3, -0.25) is 14.5 Å². The molecule has 3 rings (SSSR count). The molecule has 0 radical (unpaired) electrons. The summed E-state index contributed by atoms with van der Waals surface area (Å²) in [6.45, 7) is 9.06. The Hall–Kier alpha value is -2.66. The van der Waals surface area contributed by atoms with Gasteiger partial charge in [0.1, 0.15) is 12.0 Å². The van der Waals surface area contributed by atoms with Crippen molar-refractivity contribution in [2.75, 3.05) is 5.32 Å². The highest BCUT2D eigenvalue weighted by Gasteiger charge is 2.56. The number of anilines is 1. The molecule has 26 heavy (non-hydrogen) atoms. The minimum atomic E-state index is -1.33. The largest absolute Gasteiger partial charge is 0.362 e. The first-order valence-corrected chi connectivity index (χ1v) is 8.63. The van der Waals surface area contributed by atoms with Crippen molar-refractivity contribution in [1.82, 2.24) is 4.90 Å². The molecule has 5 nitrogen and oxygen atoms in total. The molecule has 0 saturated carbocycles. The molecule has 1 N–H and O–H groups in total. The number of benzene rings is 1. The standard InChI is InChI=1S/C20H20ClN3O2/c1-12(21)8-7-9-13(2)24-14(3)22-18-20(4,19(24)26)17(25)15-10-5-6-11-16(15)23-18/h5-11,18,23H,2H2,1,3-4H3/b9-7-,12-8+. The monoisotopic (exact) mass is 369 g/mol. The van der Waals surface area contributed by atoms with Gasteiger partial charge in [0, 0.05) is 22.0 Å². The maximum absolute atomic E-state index is 13.3. The Labute approximate surface area is 157 Å². The fourth-order valence-corrected chi connectivity index (χ4v) is 3.28. The minimum Gasteiger partial charge on any atom is -0.362 e. The number of ketones is 1. The van der Waals surface area contributed by atoms with Crippen LogP contribution in [-0.4, -0.2) is 28.6 Å². The van der Waals surface area contributed by atoms with Crippen LogP contribution in [0.4, 0.5) is 5.69 Å². The second-order valence-corrected chi connectivity index (χ2v) is 7.14. The van der Waals surface area contributed by atoms with E-state index in [-0.39, 0.29) is 11.7 Å². The fraction of sp³-hybridized carbons (Fsp3) is 0.250. The molecule has 0 fully saturated rings. The van der Waals surface area contributed by atoms with Crippen LogP contribution in [0, 0.1) is 5.41 Å². The Morgan fingerprint density at radius 1 is 1.38 bits per heavy atom. The summed E-state index contributed by atoms with van der Waals surface area (Å²) < 4.78 is 0. The molecule has 0 bridgehead atoms. The molecule has 1 aromatic rings. The number of halogens is 1. The van der Waals surface area contributed by atoms with E-state index in [0.29, 0.717) is 27.8 Å². The number of aliphatic imine (C=N–C) groups is 1. The summed E-state index contributed by atoms with van der Waals surface area (Å²) in [6.07, 6.45) is 4.43. The summed E-state index contributed by atoms with van der Waals surface area (Å²) in [4.78, 5) is 32.4. The van der Waals surface area contributed by atoms with Gasteiger partial charge in [0.15, 0.2) is 11.2 Å². The molecular formula is C20H20ClN3O2. The second-order valence-electron chi connectivity index (χ2n) is 6.54. The molecule has 1 amide bonds. The average molecular weight is 370 g/mol. The molecule has 2 aliphatic rings. The van der Waals surface area contributed by atoms with E-state index in [2.05, 4.69) is 16.9 Å². The summed E-state index contributed by atoms with van der Waals surface area (Å²) in [5.74, 6) is -0.0991. The molecule has 2 atom stereocenters. The number of nitrogens with one attached hydrogen (secondary N) is 1. The third-order valence-corrected chi connectivity index (χ3v) is 4.80. The zero-order valence-electron chi connectivity index (χ0n) is 14.9. The summed E-state index contributed by atoms with van der Waals surface area (Å²) in [5, 5.41) is 3.83. The third-order valence-electron chi connectivity index (χ3n) is 4.67. The van der Waals surface area contributed by atoms with E-state index in [1.54, 1.807) is 51.1 Å². The van der Waals surface area contributed by atoms with Gasteiger partial charge in [0.2, 0.25) is 5.91 Å². The lowest BCUT2D eigenvalue weighted by Gasteiger charge is -2.44. The molecule has 2 aliphatic heterocycles. The van der Waals surface area contributed by atoms with Gasteiger partial charge in [-0.1, -0.05) is 36.4 Å². The highest BCUT2D eigenvalue weighted by atomic mass is 35.5. The Morgan fingerprint density at radius 3 is 2.77 bits per heavy atom. The fourth-order valence-electron chi connectivity index (χ4n) is 3.21. The number of amides is 1. The smallest absolute Gasteiger partial charge is 0.250 e. The Balaban J connectivity index is 2.02. The van der Waals surface area contributed by atoms with Crippen LogP contribution >= 0.6 is 11.6 Å².